The quantitative estimate of drug-likeness (QED) is 0.194. The van der Waals surface area contributed by atoms with Gasteiger partial charge >= 0.3 is 12.2 Å². The highest BCUT2D eigenvalue weighted by Crippen LogP contribution is 2.36. The molecule has 252 valence electrons. The van der Waals surface area contributed by atoms with Gasteiger partial charge in [0.2, 0.25) is 0 Å². The molecule has 7 rings (SSSR count). The van der Waals surface area contributed by atoms with Crippen molar-refractivity contribution >= 4 is 12.2 Å². The van der Waals surface area contributed by atoms with Crippen LogP contribution in [0.15, 0.2) is 54.7 Å². The highest BCUT2D eigenvalue weighted by molar-refractivity contribution is 5.73. The van der Waals surface area contributed by atoms with Crippen LogP contribution in [-0.4, -0.2) is 85.2 Å². The second-order valence-corrected chi connectivity index (χ2v) is 13.6. The number of aromatic nitrogens is 4. The summed E-state index contributed by atoms with van der Waals surface area (Å²) in [5, 5.41) is 9.52. The van der Waals surface area contributed by atoms with Crippen LogP contribution in [0.3, 0.4) is 0 Å². The van der Waals surface area contributed by atoms with Crippen LogP contribution in [0, 0.1) is 0 Å². The van der Waals surface area contributed by atoms with E-state index in [0.29, 0.717) is 38.5 Å². The molecule has 0 saturated carbocycles. The number of amides is 2. The summed E-state index contributed by atoms with van der Waals surface area (Å²) in [5.41, 5.74) is 6.07. The van der Waals surface area contributed by atoms with Crippen molar-refractivity contribution in [1.82, 2.24) is 29.7 Å². The molecular formula is C36H42N6O6. The number of rotatable bonds is 7. The summed E-state index contributed by atoms with van der Waals surface area (Å²) < 4.78 is 17.2. The molecular weight excluding hydrogens is 612 g/mol. The lowest BCUT2D eigenvalue weighted by molar-refractivity contribution is -0.0405. The zero-order valence-corrected chi connectivity index (χ0v) is 27.6. The van der Waals surface area contributed by atoms with Gasteiger partial charge in [-0.25, -0.2) is 19.6 Å². The number of ether oxygens (including phenoxy) is 3. The third-order valence-corrected chi connectivity index (χ3v) is 9.15. The number of carboxylic acid groups (broad SMARTS) is 1. The molecule has 0 spiro atoms. The molecule has 0 aliphatic carbocycles. The standard InChI is InChI=1S/C36H42N6O6/c1-36(2,3)48-35(45)42-17-5-7-29(42)33-38-26(20-30-46-18-19-47-30)31(40-33)25-14-10-23(11-15-25)22-8-12-24(13-9-22)27-21-37-32(39-27)28-6-4-16-41(28)34(43)44/h8-15,21,28-30H,4-7,16-20H2,1-3H3,(H,37,39)(H,38,40)(H,43,44)/t28-,29-/m0/s1. The van der Waals surface area contributed by atoms with Crippen molar-refractivity contribution in [3.8, 4) is 33.6 Å². The predicted molar refractivity (Wildman–Crippen MR) is 178 cm³/mol. The number of carbonyl (C=O) groups is 2. The van der Waals surface area contributed by atoms with E-state index in [1.807, 2.05) is 32.9 Å². The Morgan fingerprint density at radius 3 is 2.06 bits per heavy atom. The number of H-pyrrole nitrogens is 2. The summed E-state index contributed by atoms with van der Waals surface area (Å²) in [4.78, 5) is 44.3. The number of hydrogen-bond donors (Lipinski definition) is 3. The first kappa shape index (κ1) is 31.9. The zero-order chi connectivity index (χ0) is 33.4. The fraction of sp³-hybridized carbons (Fsp3) is 0.444. The Morgan fingerprint density at radius 2 is 1.44 bits per heavy atom. The third kappa shape index (κ3) is 6.67. The molecule has 2 aromatic heterocycles. The fourth-order valence-corrected chi connectivity index (χ4v) is 6.85. The van der Waals surface area contributed by atoms with Gasteiger partial charge in [0.05, 0.1) is 42.9 Å². The van der Waals surface area contributed by atoms with Crippen molar-refractivity contribution in [3.63, 3.8) is 0 Å². The minimum absolute atomic E-state index is 0.198. The maximum atomic E-state index is 13.0. The van der Waals surface area contributed by atoms with Crippen LogP contribution >= 0.6 is 0 Å². The monoisotopic (exact) mass is 654 g/mol. The van der Waals surface area contributed by atoms with E-state index in [-0.39, 0.29) is 24.5 Å². The first-order valence-electron chi connectivity index (χ1n) is 16.7. The summed E-state index contributed by atoms with van der Waals surface area (Å²) in [7, 11) is 0. The van der Waals surface area contributed by atoms with Crippen molar-refractivity contribution in [2.45, 2.75) is 76.9 Å². The third-order valence-electron chi connectivity index (χ3n) is 9.15. The number of hydrogen-bond acceptors (Lipinski definition) is 7. The van der Waals surface area contributed by atoms with E-state index in [1.165, 1.54) is 4.90 Å². The van der Waals surface area contributed by atoms with Crippen molar-refractivity contribution in [1.29, 1.82) is 0 Å². The number of benzene rings is 2. The molecule has 12 heteroatoms. The molecule has 2 amide bonds. The van der Waals surface area contributed by atoms with Gasteiger partial charge in [0.15, 0.2) is 6.29 Å². The van der Waals surface area contributed by atoms with E-state index >= 15 is 0 Å². The van der Waals surface area contributed by atoms with Crippen LogP contribution in [0.4, 0.5) is 9.59 Å². The Kier molecular flexibility index (Phi) is 8.69. The second-order valence-electron chi connectivity index (χ2n) is 13.6. The van der Waals surface area contributed by atoms with Gasteiger partial charge in [-0.1, -0.05) is 48.5 Å². The Labute approximate surface area is 279 Å². The first-order valence-corrected chi connectivity index (χ1v) is 16.7. The number of nitrogens with zero attached hydrogens (tertiary/aromatic N) is 4. The summed E-state index contributed by atoms with van der Waals surface area (Å²) in [6.07, 6.45) is 3.99. The average molecular weight is 655 g/mol. The van der Waals surface area contributed by atoms with E-state index in [9.17, 15) is 14.7 Å². The molecule has 0 bridgehead atoms. The SMILES string of the molecule is CC(C)(C)OC(=O)N1CCC[C@H]1c1nc(-c2ccc(-c3ccc(-c4cnc([C@@H]5CCCN5C(=O)O)[nH]4)cc3)cc2)c(CC2OCCO2)[nH]1. The average Bonchev–Trinajstić information content (AvgIpc) is 3.90. The molecule has 4 aromatic rings. The minimum Gasteiger partial charge on any atom is -0.465 e. The summed E-state index contributed by atoms with van der Waals surface area (Å²) in [6, 6.07) is 16.1. The highest BCUT2D eigenvalue weighted by Gasteiger charge is 2.36. The molecule has 3 fully saturated rings. The van der Waals surface area contributed by atoms with E-state index in [2.05, 4.69) is 51.4 Å². The molecule has 0 unspecified atom stereocenters. The van der Waals surface area contributed by atoms with Gasteiger partial charge in [-0.3, -0.25) is 9.80 Å². The number of carbonyl (C=O) groups excluding carboxylic acids is 1. The van der Waals surface area contributed by atoms with Gasteiger partial charge in [-0.05, 0) is 63.1 Å². The number of imidazole rings is 2. The van der Waals surface area contributed by atoms with Crippen LogP contribution < -0.4 is 0 Å². The minimum atomic E-state index is -0.912. The van der Waals surface area contributed by atoms with Crippen LogP contribution in [0.25, 0.3) is 33.6 Å². The lowest BCUT2D eigenvalue weighted by atomic mass is 10.0. The van der Waals surface area contributed by atoms with Gasteiger partial charge in [-0.15, -0.1) is 0 Å². The Bertz CT molecular complexity index is 1750. The normalized spacial score (nSPS) is 20.1. The molecule has 3 aliphatic rings. The van der Waals surface area contributed by atoms with Gasteiger partial charge in [0, 0.05) is 30.8 Å². The molecule has 12 nitrogen and oxygen atoms in total. The summed E-state index contributed by atoms with van der Waals surface area (Å²) in [6.45, 7) is 7.91. The second kappa shape index (κ2) is 13.1. The van der Waals surface area contributed by atoms with E-state index in [1.54, 1.807) is 11.1 Å². The van der Waals surface area contributed by atoms with Crippen LogP contribution in [-0.2, 0) is 20.6 Å². The molecule has 3 N–H and O–H groups in total. The van der Waals surface area contributed by atoms with Crippen molar-refractivity contribution in [2.75, 3.05) is 26.3 Å². The van der Waals surface area contributed by atoms with Gasteiger partial charge < -0.3 is 29.3 Å². The van der Waals surface area contributed by atoms with Crippen LogP contribution in [0.2, 0.25) is 0 Å². The molecule has 0 radical (unpaired) electrons. The predicted octanol–water partition coefficient (Wildman–Crippen LogP) is 6.94. The number of nitrogens with one attached hydrogen (secondary N) is 2. The number of aromatic amines is 2. The lowest BCUT2D eigenvalue weighted by Crippen LogP contribution is -2.36. The van der Waals surface area contributed by atoms with E-state index < -0.39 is 11.7 Å². The highest BCUT2D eigenvalue weighted by atomic mass is 16.7. The van der Waals surface area contributed by atoms with E-state index in [4.69, 9.17) is 19.2 Å². The van der Waals surface area contributed by atoms with Crippen molar-refractivity contribution in [2.24, 2.45) is 0 Å². The van der Waals surface area contributed by atoms with Gasteiger partial charge in [0.25, 0.3) is 0 Å². The molecule has 3 saturated heterocycles. The van der Waals surface area contributed by atoms with Crippen molar-refractivity contribution in [3.05, 3.63) is 72.1 Å². The number of likely N-dealkylation sites (tertiary alicyclic amines) is 2. The maximum Gasteiger partial charge on any atom is 0.410 e. The summed E-state index contributed by atoms with van der Waals surface area (Å²) in [5.74, 6) is 1.42. The van der Waals surface area contributed by atoms with Crippen LogP contribution in [0.1, 0.15) is 75.9 Å². The van der Waals surface area contributed by atoms with Gasteiger partial charge in [0.1, 0.15) is 17.2 Å². The molecule has 5 heterocycles. The topological polar surface area (TPSA) is 146 Å². The fourth-order valence-electron chi connectivity index (χ4n) is 6.85. The molecule has 3 aliphatic heterocycles. The molecule has 2 aromatic carbocycles. The largest absolute Gasteiger partial charge is 0.465 e. The lowest BCUT2D eigenvalue weighted by Gasteiger charge is -2.27. The first-order chi connectivity index (χ1) is 23.1. The van der Waals surface area contributed by atoms with Gasteiger partial charge in [-0.2, -0.15) is 0 Å². The molecule has 48 heavy (non-hydrogen) atoms. The Hall–Kier alpha value is -4.68. The Balaban J connectivity index is 1.10. The Morgan fingerprint density at radius 1 is 0.854 bits per heavy atom. The van der Waals surface area contributed by atoms with E-state index in [0.717, 1.165) is 70.8 Å². The van der Waals surface area contributed by atoms with Crippen molar-refractivity contribution < 1.29 is 28.9 Å². The van der Waals surface area contributed by atoms with Crippen LogP contribution in [0.5, 0.6) is 0 Å². The smallest absolute Gasteiger partial charge is 0.410 e. The maximum absolute atomic E-state index is 13.0. The summed E-state index contributed by atoms with van der Waals surface area (Å²) >= 11 is 0. The zero-order valence-electron chi connectivity index (χ0n) is 27.6. The molecule has 2 atom stereocenters.